The van der Waals surface area contributed by atoms with Gasteiger partial charge in [-0.1, -0.05) is 12.1 Å². The summed E-state index contributed by atoms with van der Waals surface area (Å²) in [6.45, 7) is 0.649. The first-order chi connectivity index (χ1) is 20.5. The van der Waals surface area contributed by atoms with Crippen LogP contribution in [0.4, 0.5) is 14.6 Å². The first kappa shape index (κ1) is 27.1. The van der Waals surface area contributed by atoms with Gasteiger partial charge in [0.2, 0.25) is 0 Å². The quantitative estimate of drug-likeness (QED) is 0.293. The summed E-state index contributed by atoms with van der Waals surface area (Å²) in [5, 5.41) is 11.3. The van der Waals surface area contributed by atoms with E-state index in [1.807, 2.05) is 28.8 Å². The van der Waals surface area contributed by atoms with Crippen LogP contribution in [0.1, 0.15) is 35.2 Å². The summed E-state index contributed by atoms with van der Waals surface area (Å²) in [6.07, 6.45) is 7.34. The maximum Gasteiger partial charge on any atom is 0.280 e. The maximum absolute atomic E-state index is 12.0. The molecule has 1 aliphatic carbocycles. The third-order valence-electron chi connectivity index (χ3n) is 6.99. The molecule has 1 aromatic carbocycles. The minimum Gasteiger partial charge on any atom is -0.383 e. The van der Waals surface area contributed by atoms with Crippen molar-refractivity contribution in [2.75, 3.05) is 12.8 Å². The van der Waals surface area contributed by atoms with Gasteiger partial charge >= 0.3 is 0 Å². The van der Waals surface area contributed by atoms with Crippen molar-refractivity contribution in [1.82, 2.24) is 44.8 Å². The number of anilines is 1. The van der Waals surface area contributed by atoms with E-state index in [4.69, 9.17) is 15.7 Å². The molecule has 0 amide bonds. The van der Waals surface area contributed by atoms with Crippen molar-refractivity contribution in [2.24, 2.45) is 0 Å². The normalized spacial score (nSPS) is 12.4. The van der Waals surface area contributed by atoms with Crippen LogP contribution in [0.3, 0.4) is 0 Å². The van der Waals surface area contributed by atoms with E-state index in [2.05, 4.69) is 43.7 Å². The van der Waals surface area contributed by atoms with Crippen LogP contribution < -0.4 is 11.1 Å². The number of nitrogens with one attached hydrogen (secondary N) is 1. The molecule has 42 heavy (non-hydrogen) atoms. The highest BCUT2D eigenvalue weighted by Gasteiger charge is 2.20. The van der Waals surface area contributed by atoms with Gasteiger partial charge in [-0.05, 0) is 85.5 Å². The molecule has 7 rings (SSSR count). The van der Waals surface area contributed by atoms with Gasteiger partial charge in [-0.25, -0.2) is 23.7 Å². The van der Waals surface area contributed by atoms with E-state index in [-0.39, 0.29) is 5.69 Å². The summed E-state index contributed by atoms with van der Waals surface area (Å²) >= 11 is 0. The third kappa shape index (κ3) is 5.44. The molecule has 6 aromatic rings. The van der Waals surface area contributed by atoms with Gasteiger partial charge in [-0.2, -0.15) is 10.2 Å². The Bertz CT molecular complexity index is 1810. The molecule has 1 aliphatic rings. The smallest absolute Gasteiger partial charge is 0.280 e. The third-order valence-corrected chi connectivity index (χ3v) is 6.99. The average Bonchev–Trinajstić information content (AvgIpc) is 3.78. The number of hydrogen-bond acceptors (Lipinski definition) is 8. The first-order valence-electron chi connectivity index (χ1n) is 13.5. The largest absolute Gasteiger partial charge is 0.383 e. The fraction of sp³-hybridized carbons (Fsp3) is 0.200. The Labute approximate surface area is 240 Å². The van der Waals surface area contributed by atoms with E-state index in [0.29, 0.717) is 24.0 Å². The SMILES string of the molecule is CNCc1ccc(C(F)F)nc1.Nc1ncccc1-c1nc2ccc(-n3nccn3)nc2n1-c1ccc2c(c1)CCC2. The van der Waals surface area contributed by atoms with Crippen molar-refractivity contribution in [2.45, 2.75) is 32.2 Å². The molecule has 12 heteroatoms. The van der Waals surface area contributed by atoms with Crippen molar-refractivity contribution in [3.05, 3.63) is 102 Å². The Hall–Kier alpha value is -5.10. The topological polar surface area (TPSA) is 125 Å². The molecule has 0 fully saturated rings. The van der Waals surface area contributed by atoms with Crippen LogP contribution >= 0.6 is 0 Å². The molecule has 5 heterocycles. The minimum absolute atomic E-state index is 0.171. The van der Waals surface area contributed by atoms with E-state index in [0.717, 1.165) is 40.8 Å². The second-order valence-electron chi connectivity index (χ2n) is 9.77. The summed E-state index contributed by atoms with van der Waals surface area (Å²) < 4.78 is 26.1. The summed E-state index contributed by atoms with van der Waals surface area (Å²) in [6, 6.07) is 17.1. The van der Waals surface area contributed by atoms with Crippen molar-refractivity contribution >= 4 is 17.0 Å². The van der Waals surface area contributed by atoms with E-state index in [9.17, 15) is 8.78 Å². The molecule has 0 radical (unpaired) electrons. The summed E-state index contributed by atoms with van der Waals surface area (Å²) in [7, 11) is 1.79. The van der Waals surface area contributed by atoms with Crippen molar-refractivity contribution in [3.63, 3.8) is 0 Å². The zero-order chi connectivity index (χ0) is 29.1. The zero-order valence-corrected chi connectivity index (χ0v) is 22.8. The van der Waals surface area contributed by atoms with E-state index < -0.39 is 6.43 Å². The van der Waals surface area contributed by atoms with E-state index in [1.165, 1.54) is 34.6 Å². The number of pyridine rings is 3. The summed E-state index contributed by atoms with van der Waals surface area (Å²) in [4.78, 5) is 19.1. The molecule has 5 aromatic heterocycles. The van der Waals surface area contributed by atoms with Crippen LogP contribution in [-0.4, -0.2) is 46.5 Å². The van der Waals surface area contributed by atoms with E-state index in [1.54, 1.807) is 31.7 Å². The van der Waals surface area contributed by atoms with Gasteiger partial charge in [-0.15, -0.1) is 4.80 Å². The highest BCUT2D eigenvalue weighted by Crippen LogP contribution is 2.32. The van der Waals surface area contributed by atoms with Gasteiger partial charge < -0.3 is 11.1 Å². The molecule has 212 valence electrons. The molecule has 0 aliphatic heterocycles. The first-order valence-corrected chi connectivity index (χ1v) is 13.5. The number of nitrogens with two attached hydrogens (primary N) is 1. The Morgan fingerprint density at radius 1 is 0.929 bits per heavy atom. The lowest BCUT2D eigenvalue weighted by Gasteiger charge is -2.12. The molecule has 10 nitrogen and oxygen atoms in total. The number of imidazole rings is 1. The highest BCUT2D eigenvalue weighted by molar-refractivity contribution is 5.83. The monoisotopic (exact) mass is 566 g/mol. The van der Waals surface area contributed by atoms with Gasteiger partial charge in [0.1, 0.15) is 17.0 Å². The molecule has 0 atom stereocenters. The second-order valence-corrected chi connectivity index (χ2v) is 9.77. The lowest BCUT2D eigenvalue weighted by atomic mass is 10.1. The maximum atomic E-state index is 12.0. The summed E-state index contributed by atoms with van der Waals surface area (Å²) in [5.74, 6) is 1.77. The number of aromatic nitrogens is 8. The van der Waals surface area contributed by atoms with Gasteiger partial charge in [0.05, 0.1) is 18.0 Å². The standard InChI is InChI=1S/C22H18N8.C8H10F2N2/c23-20-17(5-2-10-24-20)21-27-18-8-9-19(30-25-11-12-26-30)28-22(18)29(21)16-7-6-14-3-1-4-15(14)13-16;1-11-4-6-2-3-7(8(9)10)12-5-6/h2,5-13H,1,3-4H2,(H2,23,24);2-3,5,8,11H,4H2,1H3. The average molecular weight is 567 g/mol. The van der Waals surface area contributed by atoms with Crippen LogP contribution in [0.15, 0.2) is 79.4 Å². The number of alkyl halides is 2. The molecule has 0 saturated heterocycles. The predicted molar refractivity (Wildman–Crippen MR) is 155 cm³/mol. The number of nitrogen functional groups attached to an aromatic ring is 1. The van der Waals surface area contributed by atoms with Crippen LogP contribution in [0, 0.1) is 0 Å². The Balaban J connectivity index is 0.000000223. The molecule has 0 unspecified atom stereocenters. The predicted octanol–water partition coefficient (Wildman–Crippen LogP) is 4.87. The molecular formula is C30H28F2N10. The number of hydrogen-bond donors (Lipinski definition) is 2. The van der Waals surface area contributed by atoms with Crippen LogP contribution in [-0.2, 0) is 19.4 Å². The minimum atomic E-state index is -2.48. The number of rotatable bonds is 6. The van der Waals surface area contributed by atoms with Crippen molar-refractivity contribution < 1.29 is 8.78 Å². The molecular weight excluding hydrogens is 538 g/mol. The number of halogens is 2. The lowest BCUT2D eigenvalue weighted by molar-refractivity contribution is 0.146. The Morgan fingerprint density at radius 2 is 1.76 bits per heavy atom. The Kier molecular flexibility index (Phi) is 7.60. The van der Waals surface area contributed by atoms with Gasteiger partial charge in [0.25, 0.3) is 6.43 Å². The van der Waals surface area contributed by atoms with Crippen LogP contribution in [0.5, 0.6) is 0 Å². The number of fused-ring (bicyclic) bond motifs is 2. The fourth-order valence-corrected chi connectivity index (χ4v) is 5.00. The molecule has 0 bridgehead atoms. The highest BCUT2D eigenvalue weighted by atomic mass is 19.3. The molecule has 3 N–H and O–H groups in total. The van der Waals surface area contributed by atoms with Crippen molar-refractivity contribution in [1.29, 1.82) is 0 Å². The second kappa shape index (κ2) is 11.8. The van der Waals surface area contributed by atoms with Crippen molar-refractivity contribution in [3.8, 4) is 22.9 Å². The zero-order valence-electron chi connectivity index (χ0n) is 22.8. The number of aryl methyl sites for hydroxylation is 2. The lowest BCUT2D eigenvalue weighted by Crippen LogP contribution is -2.05. The molecule has 0 saturated carbocycles. The fourth-order valence-electron chi connectivity index (χ4n) is 5.00. The number of nitrogens with zero attached hydrogens (tertiary/aromatic N) is 8. The van der Waals surface area contributed by atoms with Crippen LogP contribution in [0.2, 0.25) is 0 Å². The number of benzene rings is 1. The van der Waals surface area contributed by atoms with Crippen LogP contribution in [0.25, 0.3) is 34.1 Å². The summed E-state index contributed by atoms with van der Waals surface area (Å²) in [5.41, 5.74) is 13.0. The van der Waals surface area contributed by atoms with Gasteiger partial charge in [0.15, 0.2) is 17.3 Å². The van der Waals surface area contributed by atoms with Gasteiger partial charge in [0, 0.05) is 24.6 Å². The molecule has 0 spiro atoms. The van der Waals surface area contributed by atoms with Gasteiger partial charge in [-0.3, -0.25) is 9.55 Å². The van der Waals surface area contributed by atoms with E-state index >= 15 is 0 Å². The Morgan fingerprint density at radius 3 is 2.50 bits per heavy atom.